The number of benzene rings is 4. The van der Waals surface area contributed by atoms with E-state index >= 15 is 0 Å². The van der Waals surface area contributed by atoms with Crippen molar-refractivity contribution in [1.29, 1.82) is 0 Å². The van der Waals surface area contributed by atoms with Crippen LogP contribution in [0.4, 0.5) is 26.7 Å². The molecule has 2 aliphatic heterocycles. The fraction of sp³-hybridized carbons (Fsp3) is 0.526. The highest BCUT2D eigenvalue weighted by Gasteiger charge is 2.38. The Morgan fingerprint density at radius 1 is 0.357 bits per heavy atom. The number of rotatable bonds is 50. The zero-order valence-corrected chi connectivity index (χ0v) is 63.9. The number of hydrogen-bond donors (Lipinski definition) is 7. The van der Waals surface area contributed by atoms with Gasteiger partial charge >= 0.3 is 12.3 Å². The van der Waals surface area contributed by atoms with E-state index in [9.17, 15) is 62.3 Å². The third-order valence-electron chi connectivity index (χ3n) is 17.7. The van der Waals surface area contributed by atoms with E-state index in [0.29, 0.717) is 184 Å². The van der Waals surface area contributed by atoms with Gasteiger partial charge in [-0.1, -0.05) is 40.5 Å². The lowest BCUT2D eigenvalue weighted by molar-refractivity contribution is -0.177. The topological polar surface area (TPSA) is 423 Å². The number of hydroxylamine groups is 4. The van der Waals surface area contributed by atoms with Gasteiger partial charge in [0.25, 0.3) is 29.5 Å². The molecule has 2 aliphatic carbocycles. The molecule has 610 valence electrons. The number of fused-ring (bicyclic) bond motifs is 6. The summed E-state index contributed by atoms with van der Waals surface area (Å²) in [5, 5.41) is 20.6. The first kappa shape index (κ1) is 88.9. The maximum absolute atomic E-state index is 13.4. The number of methoxy groups -OCH3 is 4. The Morgan fingerprint density at radius 3 is 1.04 bits per heavy atom. The molecular formula is C78H103N9O25. The van der Waals surface area contributed by atoms with Crippen molar-refractivity contribution in [1.82, 2.24) is 31.4 Å². The van der Waals surface area contributed by atoms with Crippen LogP contribution in [0.5, 0.6) is 0 Å². The maximum Gasteiger partial charge on any atom is 0.533 e. The van der Waals surface area contributed by atoms with Gasteiger partial charge in [-0.05, 0) is 132 Å². The van der Waals surface area contributed by atoms with Crippen molar-refractivity contribution in [2.45, 2.75) is 121 Å². The molecule has 4 aromatic carbocycles. The van der Waals surface area contributed by atoms with E-state index in [1.165, 1.54) is 0 Å². The van der Waals surface area contributed by atoms with E-state index < -0.39 is 47.8 Å². The zero-order chi connectivity index (χ0) is 80.4. The summed E-state index contributed by atoms with van der Waals surface area (Å²) in [6.07, 6.45) is 2.11. The summed E-state index contributed by atoms with van der Waals surface area (Å²) in [7, 11) is 6.48. The Bertz CT molecular complexity index is 3720. The molecule has 0 aromatic heterocycles. The Morgan fingerprint density at radius 2 is 0.679 bits per heavy atom. The fourth-order valence-electron chi connectivity index (χ4n) is 12.3. The predicted octanol–water partition coefficient (Wildman–Crippen LogP) is 6.65. The molecule has 34 nitrogen and oxygen atoms in total. The predicted molar refractivity (Wildman–Crippen MR) is 403 cm³/mol. The lowest BCUT2D eigenvalue weighted by Gasteiger charge is -2.17. The minimum Gasteiger partial charge on any atom is -0.432 e. The zero-order valence-electron chi connectivity index (χ0n) is 63.9. The summed E-state index contributed by atoms with van der Waals surface area (Å²) in [6.45, 7) is 6.89. The molecule has 11 amide bonds. The summed E-state index contributed by atoms with van der Waals surface area (Å²) in [5.41, 5.74) is 7.53. The van der Waals surface area contributed by atoms with Crippen LogP contribution in [0.2, 0.25) is 0 Å². The van der Waals surface area contributed by atoms with Crippen molar-refractivity contribution in [3.63, 3.8) is 0 Å². The number of nitrogens with zero attached hydrogens (tertiary/aromatic N) is 2. The molecule has 2 fully saturated rings. The van der Waals surface area contributed by atoms with Crippen molar-refractivity contribution in [2.75, 3.05) is 163 Å². The van der Waals surface area contributed by atoms with Gasteiger partial charge < -0.3 is 84.6 Å². The van der Waals surface area contributed by atoms with Crippen LogP contribution in [0.25, 0.3) is 22.3 Å². The molecule has 0 bridgehead atoms. The first-order chi connectivity index (χ1) is 54.3. The Balaban J connectivity index is 0.000000313. The fourth-order valence-corrected chi connectivity index (χ4v) is 12.3. The van der Waals surface area contributed by atoms with Gasteiger partial charge in [0.1, 0.15) is 13.2 Å². The molecule has 0 spiro atoms. The number of carbonyl (C=O) groups excluding carboxylic acids is 13. The second-order valence-electron chi connectivity index (χ2n) is 26.1. The monoisotopic (exact) mass is 1570 g/mol. The van der Waals surface area contributed by atoms with E-state index in [4.69, 9.17) is 57.0 Å². The number of anilines is 3. The van der Waals surface area contributed by atoms with Gasteiger partial charge in [0.05, 0.1) is 26.4 Å². The van der Waals surface area contributed by atoms with Crippen molar-refractivity contribution < 1.29 is 119 Å². The third kappa shape index (κ3) is 29.7. The lowest BCUT2D eigenvalue weighted by atomic mass is 9.96. The second kappa shape index (κ2) is 49.1. The van der Waals surface area contributed by atoms with Crippen molar-refractivity contribution in [3.05, 3.63) is 101 Å². The number of hydrogen-bond acceptors (Lipinski definition) is 25. The highest BCUT2D eigenvalue weighted by atomic mass is 16.8. The SMILES string of the molecule is COCCCOCCNC(=O)CCCC(=O)Nc1ccc2c(c1)C(COC(=O)ON1C(=O)CCC1=O)c1cc(NC(=O)CCCC(=O)NCCOCCCOC)ccc1-2.COCCCOCCNC(=O)CCCC(=O)Nc1ccc2c(c1)C(COC(=O)ON1C(=O)CCC1=O)c1cccc(C(=O)NCCOCCCOC)c1-2. The third-order valence-corrected chi connectivity index (χ3v) is 17.7. The van der Waals surface area contributed by atoms with Crippen molar-refractivity contribution in [3.8, 4) is 22.3 Å². The van der Waals surface area contributed by atoms with Crippen LogP contribution in [0.1, 0.15) is 154 Å². The van der Waals surface area contributed by atoms with Gasteiger partial charge in [-0.2, -0.15) is 0 Å². The molecule has 2 saturated heterocycles. The van der Waals surface area contributed by atoms with Gasteiger partial charge in [-0.3, -0.25) is 62.4 Å². The molecule has 4 aromatic rings. The average molecular weight is 1570 g/mol. The molecular weight excluding hydrogens is 1460 g/mol. The molecule has 2 heterocycles. The molecule has 1 unspecified atom stereocenters. The largest absolute Gasteiger partial charge is 0.533 e. The van der Waals surface area contributed by atoms with Gasteiger partial charge in [0.2, 0.25) is 35.4 Å². The van der Waals surface area contributed by atoms with Crippen LogP contribution in [0.3, 0.4) is 0 Å². The Kier molecular flexibility index (Phi) is 39.0. The van der Waals surface area contributed by atoms with Gasteiger partial charge in [-0.25, -0.2) is 9.59 Å². The molecule has 8 rings (SSSR count). The van der Waals surface area contributed by atoms with Crippen LogP contribution >= 0.6 is 0 Å². The van der Waals surface area contributed by atoms with Crippen molar-refractivity contribution >= 4 is 94.4 Å². The molecule has 4 aliphatic rings. The minimum absolute atomic E-state index is 0.0621. The summed E-state index contributed by atoms with van der Waals surface area (Å²) >= 11 is 0. The van der Waals surface area contributed by atoms with Crippen LogP contribution in [0.15, 0.2) is 72.8 Å². The highest BCUT2D eigenvalue weighted by Crippen LogP contribution is 2.49. The van der Waals surface area contributed by atoms with Crippen molar-refractivity contribution in [2.24, 2.45) is 0 Å². The van der Waals surface area contributed by atoms with Crippen LogP contribution in [-0.4, -0.2) is 235 Å². The number of amides is 11. The van der Waals surface area contributed by atoms with E-state index in [-0.39, 0.29) is 125 Å². The van der Waals surface area contributed by atoms with E-state index in [2.05, 4.69) is 37.2 Å². The highest BCUT2D eigenvalue weighted by molar-refractivity contribution is 6.05. The van der Waals surface area contributed by atoms with Gasteiger partial charge in [0, 0.05) is 206 Å². The summed E-state index contributed by atoms with van der Waals surface area (Å²) in [6, 6.07) is 21.1. The number of ether oxygens (including phenoxy) is 10. The molecule has 112 heavy (non-hydrogen) atoms. The van der Waals surface area contributed by atoms with E-state index in [1.807, 2.05) is 18.2 Å². The maximum atomic E-state index is 13.4. The van der Waals surface area contributed by atoms with Crippen LogP contribution < -0.4 is 37.2 Å². The minimum atomic E-state index is -1.24. The molecule has 0 saturated carbocycles. The Labute approximate surface area is 649 Å². The molecule has 34 heteroatoms. The van der Waals surface area contributed by atoms with Crippen LogP contribution in [-0.2, 0) is 105 Å². The normalized spacial score (nSPS) is 13.8. The van der Waals surface area contributed by atoms with Crippen LogP contribution in [0, 0.1) is 0 Å². The molecule has 7 N–H and O–H groups in total. The summed E-state index contributed by atoms with van der Waals surface area (Å²) < 4.78 is 52.6. The number of nitrogens with one attached hydrogen (secondary N) is 7. The first-order valence-corrected chi connectivity index (χ1v) is 37.5. The Hall–Kier alpha value is -10.3. The quantitative estimate of drug-likeness (QED) is 0.0138. The number of imide groups is 2. The second-order valence-corrected chi connectivity index (χ2v) is 26.1. The van der Waals surface area contributed by atoms with Gasteiger partial charge in [0.15, 0.2) is 0 Å². The first-order valence-electron chi connectivity index (χ1n) is 37.5. The smallest absolute Gasteiger partial charge is 0.432 e. The summed E-state index contributed by atoms with van der Waals surface area (Å²) in [5.74, 6) is -5.50. The average Bonchev–Trinajstić information content (AvgIpc) is 1.61. The molecule has 1 atom stereocenters. The van der Waals surface area contributed by atoms with Gasteiger partial charge in [-0.15, -0.1) is 0 Å². The molecule has 0 radical (unpaired) electrons. The van der Waals surface area contributed by atoms with E-state index in [1.54, 1.807) is 83.0 Å². The van der Waals surface area contributed by atoms with E-state index in [0.717, 1.165) is 36.8 Å². The summed E-state index contributed by atoms with van der Waals surface area (Å²) in [4.78, 5) is 172. The lowest BCUT2D eigenvalue weighted by Crippen LogP contribution is -2.32. The number of carbonyl (C=O) groups is 13. The standard InChI is InChI=1S/C41H55N5O13.C37H48N4O12/c1-54-19-5-21-56-23-17-42-35(47)7-3-9-37(49)44-28-11-13-30-31-14-12-29(45-38(50)10-4-8-36(48)43-18-24-57-22-6-20-55-2)26-33(31)34(32(30)25-28)27-58-41(53)59-46-39(51)15-16-40(46)52;1-48-17-5-19-50-21-15-38-31(42)9-4-10-32(43)40-25-11-12-27-29(23-25)30(24-52-37(47)53-41-33(44)13-14-34(41)45)26-7-3-8-28(35(26)27)36(46)39-16-22-51-20-6-18-49-2/h11-14,25-26,34H,3-10,15-24,27H2,1-2H3,(H,42,47)(H,43,48)(H,44,49)(H,45,50);3,7-8,11-12,23,30H,4-6,9-10,13-22,24H2,1-2H3,(H,38,42)(H,39,46)(H,40,43).